The van der Waals surface area contributed by atoms with Crippen molar-refractivity contribution in [3.63, 3.8) is 0 Å². The van der Waals surface area contributed by atoms with Gasteiger partial charge in [0, 0.05) is 42.3 Å². The fraction of sp³-hybridized carbons (Fsp3) is 0.474. The number of nitrogens with one attached hydrogen (secondary N) is 1. The summed E-state index contributed by atoms with van der Waals surface area (Å²) in [6, 6.07) is 8.62. The fourth-order valence-corrected chi connectivity index (χ4v) is 4.21. The Morgan fingerprint density at radius 3 is 3.00 bits per heavy atom. The van der Waals surface area contributed by atoms with Crippen molar-refractivity contribution in [3.8, 4) is 0 Å². The van der Waals surface area contributed by atoms with E-state index in [1.54, 1.807) is 11.3 Å². The van der Waals surface area contributed by atoms with Crippen LogP contribution in [0.2, 0.25) is 0 Å². The Hall–Kier alpha value is -1.72. The molecule has 1 aliphatic rings. The minimum atomic E-state index is 0.102. The molecule has 2 aromatic rings. The molecule has 1 N–H and O–H groups in total. The summed E-state index contributed by atoms with van der Waals surface area (Å²) in [7, 11) is 1.89. The average Bonchev–Trinajstić information content (AvgIpc) is 3.26. The van der Waals surface area contributed by atoms with Gasteiger partial charge in [0.15, 0.2) is 0 Å². The van der Waals surface area contributed by atoms with E-state index in [1.165, 1.54) is 23.3 Å². The first-order valence-corrected chi connectivity index (χ1v) is 9.38. The highest BCUT2D eigenvalue weighted by Crippen LogP contribution is 2.30. The second-order valence-electron chi connectivity index (χ2n) is 6.59. The Morgan fingerprint density at radius 2 is 2.29 bits per heavy atom. The summed E-state index contributed by atoms with van der Waals surface area (Å²) in [5.74, 6) is 0.102. The third-order valence-corrected chi connectivity index (χ3v) is 6.02. The van der Waals surface area contributed by atoms with Crippen LogP contribution < -0.4 is 5.32 Å². The first kappa shape index (κ1) is 17.1. The summed E-state index contributed by atoms with van der Waals surface area (Å²) < 4.78 is 0. The van der Waals surface area contributed by atoms with Crippen LogP contribution in [-0.2, 0) is 6.42 Å². The van der Waals surface area contributed by atoms with Gasteiger partial charge in [-0.3, -0.25) is 9.78 Å². The number of pyridine rings is 1. The number of hydrogen-bond donors (Lipinski definition) is 1. The number of amides is 1. The SMILES string of the molecule is Cc1cccnc1CC(C)N(C)C(=O)c1ccc(C2CCCN2)s1. The average molecular weight is 343 g/mol. The molecule has 1 fully saturated rings. The van der Waals surface area contributed by atoms with E-state index in [2.05, 4.69) is 36.3 Å². The molecule has 24 heavy (non-hydrogen) atoms. The molecular weight excluding hydrogens is 318 g/mol. The molecule has 0 radical (unpaired) electrons. The standard InChI is InChI=1S/C19H25N3OS/c1-13-6-4-10-21-16(13)12-14(2)22(3)19(23)18-9-8-17(24-18)15-7-5-11-20-15/h4,6,8-10,14-15,20H,5,7,11-12H2,1-3H3. The molecule has 0 aromatic carbocycles. The lowest BCUT2D eigenvalue weighted by Crippen LogP contribution is -2.36. The zero-order chi connectivity index (χ0) is 17.1. The van der Waals surface area contributed by atoms with E-state index in [9.17, 15) is 4.79 Å². The van der Waals surface area contributed by atoms with Gasteiger partial charge in [0.1, 0.15) is 0 Å². The number of hydrogen-bond acceptors (Lipinski definition) is 4. The number of aryl methyl sites for hydroxylation is 1. The van der Waals surface area contributed by atoms with Crippen molar-refractivity contribution in [2.45, 2.75) is 45.2 Å². The molecule has 1 amide bonds. The van der Waals surface area contributed by atoms with Crippen molar-refractivity contribution in [1.82, 2.24) is 15.2 Å². The van der Waals surface area contributed by atoms with Crippen LogP contribution in [0.1, 0.15) is 51.6 Å². The van der Waals surface area contributed by atoms with Crippen LogP contribution in [0.5, 0.6) is 0 Å². The summed E-state index contributed by atoms with van der Waals surface area (Å²) >= 11 is 1.62. The molecule has 3 heterocycles. The van der Waals surface area contributed by atoms with Gasteiger partial charge in [0.05, 0.1) is 4.88 Å². The largest absolute Gasteiger partial charge is 0.338 e. The molecule has 2 aromatic heterocycles. The van der Waals surface area contributed by atoms with Crippen molar-refractivity contribution in [2.24, 2.45) is 0 Å². The maximum Gasteiger partial charge on any atom is 0.263 e. The van der Waals surface area contributed by atoms with Gasteiger partial charge in [-0.25, -0.2) is 0 Å². The molecule has 0 spiro atoms. The van der Waals surface area contributed by atoms with Crippen LogP contribution in [0.25, 0.3) is 0 Å². The normalized spacial score (nSPS) is 18.5. The van der Waals surface area contributed by atoms with E-state index in [-0.39, 0.29) is 11.9 Å². The van der Waals surface area contributed by atoms with Crippen molar-refractivity contribution < 1.29 is 4.79 Å². The summed E-state index contributed by atoms with van der Waals surface area (Å²) in [4.78, 5) is 21.2. The number of carbonyl (C=O) groups is 1. The number of thiophene rings is 1. The molecule has 5 heteroatoms. The number of aromatic nitrogens is 1. The van der Waals surface area contributed by atoms with E-state index >= 15 is 0 Å². The molecule has 128 valence electrons. The van der Waals surface area contributed by atoms with Crippen LogP contribution in [0.15, 0.2) is 30.5 Å². The Morgan fingerprint density at radius 1 is 1.46 bits per heavy atom. The first-order valence-electron chi connectivity index (χ1n) is 8.57. The molecule has 2 atom stereocenters. The van der Waals surface area contributed by atoms with Crippen molar-refractivity contribution in [2.75, 3.05) is 13.6 Å². The molecule has 0 bridgehead atoms. The number of likely N-dealkylation sites (N-methyl/N-ethyl adjacent to an activating group) is 1. The predicted octanol–water partition coefficient (Wildman–Crippen LogP) is 3.58. The van der Waals surface area contributed by atoms with Crippen LogP contribution in [0, 0.1) is 6.92 Å². The van der Waals surface area contributed by atoms with Gasteiger partial charge < -0.3 is 10.2 Å². The number of rotatable bonds is 5. The minimum Gasteiger partial charge on any atom is -0.338 e. The van der Waals surface area contributed by atoms with Gasteiger partial charge >= 0.3 is 0 Å². The van der Waals surface area contributed by atoms with Gasteiger partial charge in [-0.1, -0.05) is 6.07 Å². The monoisotopic (exact) mass is 343 g/mol. The quantitative estimate of drug-likeness (QED) is 0.902. The third kappa shape index (κ3) is 3.68. The van der Waals surface area contributed by atoms with Crippen molar-refractivity contribution >= 4 is 17.2 Å². The van der Waals surface area contributed by atoms with E-state index in [0.29, 0.717) is 6.04 Å². The Balaban J connectivity index is 1.66. The first-order chi connectivity index (χ1) is 11.6. The van der Waals surface area contributed by atoms with E-state index in [4.69, 9.17) is 0 Å². The maximum absolute atomic E-state index is 12.8. The van der Waals surface area contributed by atoms with Crippen LogP contribution in [-0.4, -0.2) is 35.4 Å². The van der Waals surface area contributed by atoms with Crippen molar-refractivity contribution in [1.29, 1.82) is 0 Å². The number of nitrogens with zero attached hydrogens (tertiary/aromatic N) is 2. The predicted molar refractivity (Wildman–Crippen MR) is 98.5 cm³/mol. The molecule has 3 rings (SSSR count). The second-order valence-corrected chi connectivity index (χ2v) is 7.70. The smallest absolute Gasteiger partial charge is 0.263 e. The van der Waals surface area contributed by atoms with Crippen molar-refractivity contribution in [3.05, 3.63) is 51.5 Å². The third-order valence-electron chi connectivity index (χ3n) is 4.83. The minimum absolute atomic E-state index is 0.102. The second kappa shape index (κ2) is 7.45. The van der Waals surface area contributed by atoms with Gasteiger partial charge in [0.25, 0.3) is 5.91 Å². The van der Waals surface area contributed by atoms with Gasteiger partial charge in [-0.15, -0.1) is 11.3 Å². The van der Waals surface area contributed by atoms with E-state index in [0.717, 1.165) is 23.5 Å². The highest BCUT2D eigenvalue weighted by Gasteiger charge is 2.23. The van der Waals surface area contributed by atoms with Crippen LogP contribution in [0.4, 0.5) is 0 Å². The zero-order valence-electron chi connectivity index (χ0n) is 14.6. The lowest BCUT2D eigenvalue weighted by Gasteiger charge is -2.24. The molecule has 0 aliphatic carbocycles. The van der Waals surface area contributed by atoms with Gasteiger partial charge in [0.2, 0.25) is 0 Å². The molecule has 4 nitrogen and oxygen atoms in total. The Labute approximate surface area is 147 Å². The van der Waals surface area contributed by atoms with Gasteiger partial charge in [-0.2, -0.15) is 0 Å². The van der Waals surface area contributed by atoms with E-state index in [1.807, 2.05) is 30.3 Å². The summed E-state index contributed by atoms with van der Waals surface area (Å²) in [5, 5.41) is 3.49. The Kier molecular flexibility index (Phi) is 5.31. The lowest BCUT2D eigenvalue weighted by molar-refractivity contribution is 0.0747. The number of carbonyl (C=O) groups excluding carboxylic acids is 1. The Bertz CT molecular complexity index is 706. The summed E-state index contributed by atoms with van der Waals surface area (Å²) in [6.07, 6.45) is 4.97. The van der Waals surface area contributed by atoms with E-state index < -0.39 is 0 Å². The molecular formula is C19H25N3OS. The summed E-state index contributed by atoms with van der Waals surface area (Å²) in [5.41, 5.74) is 2.24. The zero-order valence-corrected chi connectivity index (χ0v) is 15.4. The topological polar surface area (TPSA) is 45.2 Å². The molecule has 2 unspecified atom stereocenters. The van der Waals surface area contributed by atoms with Gasteiger partial charge in [-0.05, 0) is 57.0 Å². The fourth-order valence-electron chi connectivity index (χ4n) is 3.11. The lowest BCUT2D eigenvalue weighted by atomic mass is 10.1. The van der Waals surface area contributed by atoms with Crippen LogP contribution >= 0.6 is 11.3 Å². The summed E-state index contributed by atoms with van der Waals surface area (Å²) in [6.45, 7) is 5.22. The van der Waals surface area contributed by atoms with Crippen LogP contribution in [0.3, 0.4) is 0 Å². The molecule has 1 saturated heterocycles. The molecule has 1 aliphatic heterocycles. The molecule has 0 saturated carbocycles. The maximum atomic E-state index is 12.8. The highest BCUT2D eigenvalue weighted by molar-refractivity contribution is 7.14. The highest BCUT2D eigenvalue weighted by atomic mass is 32.1.